The monoisotopic (exact) mass is 281 g/mol. The highest BCUT2D eigenvalue weighted by Crippen LogP contribution is 2.27. The molecule has 106 valence electrons. The molecule has 1 N–H and O–H groups in total. The maximum Gasteiger partial charge on any atom is 0.331 e. The molecule has 4 heteroatoms. The van der Waals surface area contributed by atoms with Crippen molar-refractivity contribution >= 4 is 17.7 Å². The lowest BCUT2D eigenvalue weighted by Gasteiger charge is -2.32. The van der Waals surface area contributed by atoms with Gasteiger partial charge >= 0.3 is 5.97 Å². The van der Waals surface area contributed by atoms with Crippen LogP contribution in [0.5, 0.6) is 0 Å². The second kappa shape index (κ2) is 8.23. The summed E-state index contributed by atoms with van der Waals surface area (Å²) in [5.41, 5.74) is 0.225. The third-order valence-corrected chi connectivity index (χ3v) is 3.94. The summed E-state index contributed by atoms with van der Waals surface area (Å²) in [5.74, 6) is 1.46. The van der Waals surface area contributed by atoms with Crippen LogP contribution < -0.4 is 5.32 Å². The molecule has 3 nitrogen and oxygen atoms in total. The Morgan fingerprint density at radius 1 is 1.26 bits per heavy atom. The molecular weight excluding hydrogens is 258 g/mol. The zero-order chi connectivity index (χ0) is 14.1. The van der Waals surface area contributed by atoms with E-state index in [1.165, 1.54) is 0 Å². The third kappa shape index (κ3) is 3.98. The van der Waals surface area contributed by atoms with E-state index in [0.717, 1.165) is 17.9 Å². The average molecular weight is 281 g/mol. The van der Waals surface area contributed by atoms with E-state index < -0.39 is 5.54 Å². The lowest BCUT2D eigenvalue weighted by atomic mass is 9.91. The highest BCUT2D eigenvalue weighted by molar-refractivity contribution is 7.99. The topological polar surface area (TPSA) is 38.3 Å². The van der Waals surface area contributed by atoms with E-state index in [9.17, 15) is 4.79 Å². The molecule has 1 aromatic rings. The molecule has 0 fully saturated rings. The Bertz CT molecular complexity index is 383. The zero-order valence-corrected chi connectivity index (χ0v) is 12.8. The van der Waals surface area contributed by atoms with Crippen molar-refractivity contribution < 1.29 is 9.53 Å². The van der Waals surface area contributed by atoms with Gasteiger partial charge in [-0.2, -0.15) is 11.8 Å². The van der Waals surface area contributed by atoms with Crippen molar-refractivity contribution in [2.24, 2.45) is 0 Å². The lowest BCUT2D eigenvalue weighted by molar-refractivity contribution is -0.150. The van der Waals surface area contributed by atoms with E-state index in [2.05, 4.69) is 12.2 Å². The van der Waals surface area contributed by atoms with Gasteiger partial charge in [0, 0.05) is 5.75 Å². The van der Waals surface area contributed by atoms with Crippen LogP contribution in [0.1, 0.15) is 26.3 Å². The number of nitrogens with one attached hydrogen (secondary N) is 1. The van der Waals surface area contributed by atoms with Crippen molar-refractivity contribution in [2.75, 3.05) is 24.7 Å². The molecule has 0 aliphatic heterocycles. The van der Waals surface area contributed by atoms with Gasteiger partial charge in [0.1, 0.15) is 0 Å². The quantitative estimate of drug-likeness (QED) is 0.744. The first kappa shape index (κ1) is 16.1. The Morgan fingerprint density at radius 3 is 2.47 bits per heavy atom. The Kier molecular flexibility index (Phi) is 6.95. The summed E-state index contributed by atoms with van der Waals surface area (Å²) in [6.07, 6.45) is 0. The first-order valence-electron chi connectivity index (χ1n) is 6.76. The van der Waals surface area contributed by atoms with Gasteiger partial charge in [0.15, 0.2) is 5.54 Å². The smallest absolute Gasteiger partial charge is 0.331 e. The van der Waals surface area contributed by atoms with Crippen LogP contribution in [-0.4, -0.2) is 30.6 Å². The van der Waals surface area contributed by atoms with Gasteiger partial charge in [-0.3, -0.25) is 5.32 Å². The fourth-order valence-electron chi connectivity index (χ4n) is 2.02. The number of carbonyl (C=O) groups is 1. The molecule has 0 amide bonds. The van der Waals surface area contributed by atoms with E-state index >= 15 is 0 Å². The van der Waals surface area contributed by atoms with Gasteiger partial charge in [-0.05, 0) is 24.8 Å². The Balaban J connectivity index is 3.14. The molecule has 0 aliphatic rings. The van der Waals surface area contributed by atoms with Crippen LogP contribution in [0.3, 0.4) is 0 Å². The number of rotatable bonds is 8. The lowest BCUT2D eigenvalue weighted by Crippen LogP contribution is -2.52. The van der Waals surface area contributed by atoms with E-state index in [1.54, 1.807) is 11.8 Å². The molecule has 0 spiro atoms. The number of likely N-dealkylation sites (N-methyl/N-ethyl adjacent to an activating group) is 1. The first-order valence-corrected chi connectivity index (χ1v) is 7.92. The van der Waals surface area contributed by atoms with Gasteiger partial charge in [0.05, 0.1) is 6.61 Å². The molecule has 1 atom stereocenters. The summed E-state index contributed by atoms with van der Waals surface area (Å²) < 4.78 is 5.30. The Hall–Kier alpha value is -1.00. The van der Waals surface area contributed by atoms with Gasteiger partial charge in [-0.25, -0.2) is 4.79 Å². The minimum Gasteiger partial charge on any atom is -0.464 e. The minimum atomic E-state index is -0.743. The van der Waals surface area contributed by atoms with Crippen LogP contribution in [0.4, 0.5) is 0 Å². The van der Waals surface area contributed by atoms with Crippen molar-refractivity contribution in [1.82, 2.24) is 5.32 Å². The molecular formula is C15H23NO2S. The average Bonchev–Trinajstić information content (AvgIpc) is 2.44. The molecule has 1 unspecified atom stereocenters. The van der Waals surface area contributed by atoms with Gasteiger partial charge in [0.2, 0.25) is 0 Å². The molecule has 19 heavy (non-hydrogen) atoms. The van der Waals surface area contributed by atoms with Crippen LogP contribution >= 0.6 is 11.8 Å². The SMILES string of the molecule is CCNC(CSCC)(C(=O)OCC)c1ccccc1. The van der Waals surface area contributed by atoms with Crippen LogP contribution in [0.25, 0.3) is 0 Å². The zero-order valence-electron chi connectivity index (χ0n) is 11.9. The molecule has 0 saturated carbocycles. The molecule has 0 aliphatic carbocycles. The maximum absolute atomic E-state index is 12.5. The summed E-state index contributed by atoms with van der Waals surface area (Å²) in [6, 6.07) is 9.83. The fourth-order valence-corrected chi connectivity index (χ4v) is 2.92. The molecule has 0 saturated heterocycles. The summed E-state index contributed by atoms with van der Waals surface area (Å²) in [7, 11) is 0. The summed E-state index contributed by atoms with van der Waals surface area (Å²) in [6.45, 7) is 7.06. The number of benzene rings is 1. The van der Waals surface area contributed by atoms with E-state index in [-0.39, 0.29) is 5.97 Å². The molecule has 1 rings (SSSR count). The molecule has 0 bridgehead atoms. The Labute approximate surface area is 120 Å². The van der Waals surface area contributed by atoms with E-state index in [0.29, 0.717) is 12.4 Å². The largest absolute Gasteiger partial charge is 0.464 e. The summed E-state index contributed by atoms with van der Waals surface area (Å²) >= 11 is 1.74. The van der Waals surface area contributed by atoms with Gasteiger partial charge in [-0.15, -0.1) is 0 Å². The maximum atomic E-state index is 12.5. The van der Waals surface area contributed by atoms with Crippen molar-refractivity contribution in [3.8, 4) is 0 Å². The standard InChI is InChI=1S/C15H23NO2S/c1-4-16-15(12-19-6-3,14(17)18-5-2)13-10-8-7-9-11-13/h7-11,16H,4-6,12H2,1-3H3. The van der Waals surface area contributed by atoms with Crippen molar-refractivity contribution in [3.05, 3.63) is 35.9 Å². The van der Waals surface area contributed by atoms with Crippen molar-refractivity contribution in [2.45, 2.75) is 26.3 Å². The molecule has 0 heterocycles. The summed E-state index contributed by atoms with van der Waals surface area (Å²) in [4.78, 5) is 12.5. The van der Waals surface area contributed by atoms with Crippen LogP contribution in [-0.2, 0) is 15.1 Å². The molecule has 0 aromatic heterocycles. The van der Waals surface area contributed by atoms with Crippen LogP contribution in [0.15, 0.2) is 30.3 Å². The van der Waals surface area contributed by atoms with E-state index in [4.69, 9.17) is 4.74 Å². The van der Waals surface area contributed by atoms with Crippen LogP contribution in [0, 0.1) is 0 Å². The molecule has 0 radical (unpaired) electrons. The highest BCUT2D eigenvalue weighted by atomic mass is 32.2. The number of hydrogen-bond acceptors (Lipinski definition) is 4. The number of esters is 1. The normalized spacial score (nSPS) is 13.8. The van der Waals surface area contributed by atoms with Crippen molar-refractivity contribution in [1.29, 1.82) is 0 Å². The number of hydrogen-bond donors (Lipinski definition) is 1. The first-order chi connectivity index (χ1) is 9.21. The predicted octanol–water partition coefficient (Wildman–Crippen LogP) is 2.81. The summed E-state index contributed by atoms with van der Waals surface area (Å²) in [5, 5.41) is 3.34. The van der Waals surface area contributed by atoms with Crippen LogP contribution in [0.2, 0.25) is 0 Å². The number of carbonyl (C=O) groups excluding carboxylic acids is 1. The third-order valence-electron chi connectivity index (χ3n) is 2.89. The molecule has 1 aromatic carbocycles. The van der Waals surface area contributed by atoms with Gasteiger partial charge < -0.3 is 4.74 Å². The number of thioether (sulfide) groups is 1. The highest BCUT2D eigenvalue weighted by Gasteiger charge is 2.40. The number of ether oxygens (including phenoxy) is 1. The second-order valence-electron chi connectivity index (χ2n) is 4.16. The Morgan fingerprint density at radius 2 is 1.95 bits per heavy atom. The second-order valence-corrected chi connectivity index (χ2v) is 5.43. The van der Waals surface area contributed by atoms with Gasteiger partial charge in [-0.1, -0.05) is 44.2 Å². The van der Waals surface area contributed by atoms with Crippen molar-refractivity contribution in [3.63, 3.8) is 0 Å². The fraction of sp³-hybridized carbons (Fsp3) is 0.533. The predicted molar refractivity (Wildman–Crippen MR) is 81.4 cm³/mol. The van der Waals surface area contributed by atoms with Gasteiger partial charge in [0.25, 0.3) is 0 Å². The minimum absolute atomic E-state index is 0.191. The van der Waals surface area contributed by atoms with E-state index in [1.807, 2.05) is 44.2 Å².